The Hall–Kier alpha value is -2.42. The number of aryl methyl sites for hydroxylation is 3. The Labute approximate surface area is 182 Å². The van der Waals surface area contributed by atoms with Gasteiger partial charge in [0.25, 0.3) is 0 Å². The fourth-order valence-electron chi connectivity index (χ4n) is 3.81. The summed E-state index contributed by atoms with van der Waals surface area (Å²) in [6.45, 7) is 7.55. The summed E-state index contributed by atoms with van der Waals surface area (Å²) in [6.07, 6.45) is -3.27. The summed E-state index contributed by atoms with van der Waals surface area (Å²) in [6, 6.07) is 3.89. The summed E-state index contributed by atoms with van der Waals surface area (Å²) < 4.78 is 43.4. The van der Waals surface area contributed by atoms with Gasteiger partial charge in [0, 0.05) is 18.1 Å². The number of nitrogens with zero attached hydrogens (tertiary/aromatic N) is 2. The van der Waals surface area contributed by atoms with Gasteiger partial charge in [-0.3, -0.25) is 9.59 Å². The Morgan fingerprint density at radius 3 is 2.29 bits per heavy atom. The molecule has 1 aliphatic heterocycles. The maximum Gasteiger partial charge on any atom is 0.434 e. The van der Waals surface area contributed by atoms with Crippen molar-refractivity contribution in [1.82, 2.24) is 9.97 Å². The molecule has 0 bridgehead atoms. The number of aromatic nitrogens is 2. The van der Waals surface area contributed by atoms with Gasteiger partial charge in [-0.15, -0.1) is 11.8 Å². The van der Waals surface area contributed by atoms with Crippen LogP contribution in [0, 0.1) is 26.7 Å². The number of carbonyl (C=O) groups excluding carboxylic acids is 2. The summed E-state index contributed by atoms with van der Waals surface area (Å²) in [5.41, 5.74) is 2.49. The van der Waals surface area contributed by atoms with Crippen LogP contribution in [0.25, 0.3) is 0 Å². The molecule has 1 aromatic carbocycles. The van der Waals surface area contributed by atoms with Crippen LogP contribution in [0.2, 0.25) is 0 Å². The largest absolute Gasteiger partial charge is 0.461 e. The molecule has 2 aromatic rings. The number of ether oxygens (including phenoxy) is 1. The quantitative estimate of drug-likeness (QED) is 0.368. The van der Waals surface area contributed by atoms with E-state index in [1.54, 1.807) is 0 Å². The number of esters is 1. The molecular weight excluding hydrogens is 429 g/mol. The molecule has 1 aromatic heterocycles. The van der Waals surface area contributed by atoms with Crippen molar-refractivity contribution in [3.8, 4) is 0 Å². The smallest absolute Gasteiger partial charge is 0.434 e. The SMILES string of the molecule is Cc1cc(C)c(C2C(=O)CC(C(C)CSc3cnc(C(F)(F)F)cn3)OC2=O)c(C)c1. The van der Waals surface area contributed by atoms with Crippen molar-refractivity contribution >= 4 is 23.5 Å². The van der Waals surface area contributed by atoms with Crippen LogP contribution in [0.15, 0.2) is 29.6 Å². The zero-order valence-electron chi connectivity index (χ0n) is 17.6. The lowest BCUT2D eigenvalue weighted by Gasteiger charge is -2.32. The molecule has 166 valence electrons. The maximum atomic E-state index is 12.9. The Kier molecular flexibility index (Phi) is 6.73. The highest BCUT2D eigenvalue weighted by molar-refractivity contribution is 7.99. The fraction of sp³-hybridized carbons (Fsp3) is 0.455. The lowest BCUT2D eigenvalue weighted by Crippen LogP contribution is -2.41. The van der Waals surface area contributed by atoms with E-state index in [9.17, 15) is 22.8 Å². The molecule has 3 atom stereocenters. The average molecular weight is 452 g/mol. The molecule has 31 heavy (non-hydrogen) atoms. The molecule has 0 spiro atoms. The maximum absolute atomic E-state index is 12.9. The van der Waals surface area contributed by atoms with Crippen molar-refractivity contribution in [3.05, 3.63) is 52.5 Å². The molecule has 0 aliphatic carbocycles. The highest BCUT2D eigenvalue weighted by atomic mass is 32.2. The molecule has 0 radical (unpaired) electrons. The highest BCUT2D eigenvalue weighted by Gasteiger charge is 2.41. The van der Waals surface area contributed by atoms with Gasteiger partial charge in [0.1, 0.15) is 17.0 Å². The van der Waals surface area contributed by atoms with Crippen LogP contribution < -0.4 is 0 Å². The van der Waals surface area contributed by atoms with Crippen LogP contribution in [-0.2, 0) is 20.5 Å². The minimum atomic E-state index is -4.54. The third kappa shape index (κ3) is 5.26. The van der Waals surface area contributed by atoms with Crippen molar-refractivity contribution in [2.75, 3.05) is 5.75 Å². The number of alkyl halides is 3. The van der Waals surface area contributed by atoms with E-state index >= 15 is 0 Å². The second kappa shape index (κ2) is 8.98. The van der Waals surface area contributed by atoms with Gasteiger partial charge in [0.05, 0.1) is 12.4 Å². The van der Waals surface area contributed by atoms with Gasteiger partial charge in [-0.1, -0.05) is 24.6 Å². The second-order valence-electron chi connectivity index (χ2n) is 7.92. The molecule has 9 heteroatoms. The normalized spacial score (nSPS) is 20.5. The minimum Gasteiger partial charge on any atom is -0.461 e. The average Bonchev–Trinajstić information content (AvgIpc) is 2.67. The van der Waals surface area contributed by atoms with Crippen LogP contribution in [0.3, 0.4) is 0 Å². The van der Waals surface area contributed by atoms with Crippen LogP contribution in [0.4, 0.5) is 13.2 Å². The molecule has 3 unspecified atom stereocenters. The minimum absolute atomic E-state index is 0.101. The van der Waals surface area contributed by atoms with Gasteiger partial charge in [0.2, 0.25) is 0 Å². The first kappa shape index (κ1) is 23.2. The summed E-state index contributed by atoms with van der Waals surface area (Å²) in [5.74, 6) is -1.43. The summed E-state index contributed by atoms with van der Waals surface area (Å²) >= 11 is 1.20. The summed E-state index contributed by atoms with van der Waals surface area (Å²) in [5, 5.41) is 0.331. The summed E-state index contributed by atoms with van der Waals surface area (Å²) in [4.78, 5) is 32.8. The number of halogens is 3. The van der Waals surface area contributed by atoms with E-state index in [2.05, 4.69) is 9.97 Å². The highest BCUT2D eigenvalue weighted by Crippen LogP contribution is 2.35. The Bertz CT molecular complexity index is 951. The monoisotopic (exact) mass is 452 g/mol. The van der Waals surface area contributed by atoms with Gasteiger partial charge in [0.15, 0.2) is 11.5 Å². The van der Waals surface area contributed by atoms with Gasteiger partial charge in [-0.05, 0) is 37.5 Å². The van der Waals surface area contributed by atoms with Crippen LogP contribution in [0.5, 0.6) is 0 Å². The van der Waals surface area contributed by atoms with Gasteiger partial charge < -0.3 is 4.74 Å². The van der Waals surface area contributed by atoms with Gasteiger partial charge in [-0.2, -0.15) is 13.2 Å². The zero-order chi connectivity index (χ0) is 22.9. The number of benzene rings is 1. The van der Waals surface area contributed by atoms with Gasteiger partial charge in [-0.25, -0.2) is 9.97 Å². The van der Waals surface area contributed by atoms with E-state index in [1.165, 1.54) is 11.8 Å². The fourth-order valence-corrected chi connectivity index (χ4v) is 4.71. The number of cyclic esters (lactones) is 1. The second-order valence-corrected chi connectivity index (χ2v) is 8.96. The molecule has 0 amide bonds. The number of Topliss-reactive ketones (excluding diaryl/α,β-unsaturated/α-hetero) is 1. The number of hydrogen-bond acceptors (Lipinski definition) is 6. The van der Waals surface area contributed by atoms with E-state index in [0.29, 0.717) is 22.5 Å². The predicted octanol–water partition coefficient (Wildman–Crippen LogP) is 4.82. The lowest BCUT2D eigenvalue weighted by atomic mass is 9.82. The van der Waals surface area contributed by atoms with Crippen molar-refractivity contribution in [2.45, 2.75) is 57.3 Å². The van der Waals surface area contributed by atoms with E-state index in [-0.39, 0.29) is 18.1 Å². The van der Waals surface area contributed by atoms with Crippen molar-refractivity contribution in [1.29, 1.82) is 0 Å². The molecule has 1 saturated heterocycles. The standard InChI is InChI=1S/C22H23F3N2O3S/c1-11-5-12(2)19(13(3)6-11)20-15(28)7-16(30-21(20)29)14(4)10-31-18-9-26-17(8-27-18)22(23,24)25/h5-6,8-9,14,16,20H,7,10H2,1-4H3. The van der Waals surface area contributed by atoms with Crippen molar-refractivity contribution in [2.24, 2.45) is 5.92 Å². The Balaban J connectivity index is 1.64. The first-order valence-corrected chi connectivity index (χ1v) is 10.8. The van der Waals surface area contributed by atoms with Crippen molar-refractivity contribution in [3.63, 3.8) is 0 Å². The molecule has 5 nitrogen and oxygen atoms in total. The zero-order valence-corrected chi connectivity index (χ0v) is 18.4. The summed E-state index contributed by atoms with van der Waals surface area (Å²) in [7, 11) is 0. The number of carbonyl (C=O) groups is 2. The lowest BCUT2D eigenvalue weighted by molar-refractivity contribution is -0.162. The molecule has 0 saturated carbocycles. The van der Waals surface area contributed by atoms with E-state index in [1.807, 2.05) is 39.8 Å². The Morgan fingerprint density at radius 2 is 1.77 bits per heavy atom. The number of rotatable bonds is 5. The molecule has 1 aliphatic rings. The third-order valence-electron chi connectivity index (χ3n) is 5.30. The van der Waals surface area contributed by atoms with Gasteiger partial charge >= 0.3 is 12.1 Å². The van der Waals surface area contributed by atoms with E-state index < -0.39 is 29.9 Å². The van der Waals surface area contributed by atoms with E-state index in [0.717, 1.165) is 22.9 Å². The predicted molar refractivity (Wildman–Crippen MR) is 110 cm³/mol. The Morgan fingerprint density at radius 1 is 1.13 bits per heavy atom. The van der Waals surface area contributed by atoms with Crippen LogP contribution >= 0.6 is 11.8 Å². The molecule has 1 fully saturated rings. The van der Waals surface area contributed by atoms with E-state index in [4.69, 9.17) is 4.74 Å². The first-order valence-electron chi connectivity index (χ1n) is 9.80. The molecular formula is C22H23F3N2O3S. The van der Waals surface area contributed by atoms with Crippen molar-refractivity contribution < 1.29 is 27.5 Å². The van der Waals surface area contributed by atoms with Crippen LogP contribution in [-0.4, -0.2) is 33.6 Å². The molecule has 3 rings (SSSR count). The molecule has 2 heterocycles. The number of hydrogen-bond donors (Lipinski definition) is 0. The topological polar surface area (TPSA) is 69.2 Å². The van der Waals surface area contributed by atoms with Crippen LogP contribution in [0.1, 0.15) is 47.2 Å². The molecule has 0 N–H and O–H groups in total. The number of ketones is 1. The first-order chi connectivity index (χ1) is 14.5. The third-order valence-corrected chi connectivity index (χ3v) is 6.50. The number of thioether (sulfide) groups is 1.